The molecule has 0 fully saturated rings. The van der Waals surface area contributed by atoms with E-state index in [2.05, 4.69) is 4.99 Å². The molecule has 0 saturated carbocycles. The zero-order valence-electron chi connectivity index (χ0n) is 9.29. The van der Waals surface area contributed by atoms with Crippen LogP contribution in [0.1, 0.15) is 27.7 Å². The van der Waals surface area contributed by atoms with Crippen molar-refractivity contribution >= 4 is 28.7 Å². The van der Waals surface area contributed by atoms with Gasteiger partial charge < -0.3 is 0 Å². The van der Waals surface area contributed by atoms with E-state index in [9.17, 15) is 4.79 Å². The summed E-state index contributed by atoms with van der Waals surface area (Å²) in [4.78, 5) is 16.8. The summed E-state index contributed by atoms with van der Waals surface area (Å²) in [6.07, 6.45) is 1.78. The van der Waals surface area contributed by atoms with Crippen molar-refractivity contribution in [2.75, 3.05) is 6.26 Å². The number of nitrogens with one attached hydrogen (secondary N) is 1. The van der Waals surface area contributed by atoms with Crippen LogP contribution < -0.4 is 0 Å². The van der Waals surface area contributed by atoms with E-state index >= 15 is 0 Å². The molecule has 0 aliphatic carbocycles. The summed E-state index contributed by atoms with van der Waals surface area (Å²) in [5, 5.41) is 7.60. The predicted octanol–water partition coefficient (Wildman–Crippen LogP) is 1.96. The molecule has 0 bridgehead atoms. The maximum atomic E-state index is 11.3. The Labute approximate surface area is 89.3 Å². The summed E-state index contributed by atoms with van der Waals surface area (Å²) in [5.74, 6) is 0.530. The number of hydrogen-bond donors (Lipinski definition) is 1. The minimum absolute atomic E-state index is 0.0462. The molecule has 5 heteroatoms. The van der Waals surface area contributed by atoms with Gasteiger partial charge in [-0.25, -0.2) is 4.99 Å². The summed E-state index contributed by atoms with van der Waals surface area (Å²) in [6, 6.07) is 0.0749. The number of amidine groups is 2. The van der Waals surface area contributed by atoms with Gasteiger partial charge in [-0.05, 0) is 27.0 Å². The number of aliphatic imine (C=N–C) groups is 1. The van der Waals surface area contributed by atoms with Crippen LogP contribution in [0.2, 0.25) is 0 Å². The Hall–Kier alpha value is -0.840. The van der Waals surface area contributed by atoms with Crippen molar-refractivity contribution in [3.8, 4) is 0 Å². The van der Waals surface area contributed by atoms with Crippen molar-refractivity contribution in [1.29, 1.82) is 5.41 Å². The molecule has 4 nitrogen and oxygen atoms in total. The molecule has 0 aromatic carbocycles. The van der Waals surface area contributed by atoms with Gasteiger partial charge in [0.05, 0.1) is 0 Å². The van der Waals surface area contributed by atoms with Gasteiger partial charge in [-0.15, -0.1) is 0 Å². The van der Waals surface area contributed by atoms with Crippen molar-refractivity contribution in [3.05, 3.63) is 0 Å². The standard InChI is InChI=1S/C9H17N3OS/c1-6(2)12(8(4)13)7(3)11-9(10)14-5/h6,10H,1-5H3. The first-order valence-electron chi connectivity index (χ1n) is 4.37. The molecule has 14 heavy (non-hydrogen) atoms. The first kappa shape index (κ1) is 13.2. The Morgan fingerprint density at radius 1 is 1.43 bits per heavy atom. The van der Waals surface area contributed by atoms with E-state index in [1.807, 2.05) is 13.8 Å². The van der Waals surface area contributed by atoms with Crippen LogP contribution in [0.25, 0.3) is 0 Å². The van der Waals surface area contributed by atoms with E-state index in [1.165, 1.54) is 18.7 Å². The van der Waals surface area contributed by atoms with Crippen LogP contribution in [0.4, 0.5) is 0 Å². The molecule has 0 aliphatic heterocycles. The van der Waals surface area contributed by atoms with Crippen LogP contribution >= 0.6 is 11.8 Å². The lowest BCUT2D eigenvalue weighted by atomic mass is 10.3. The number of thioether (sulfide) groups is 1. The second-order valence-corrected chi connectivity index (χ2v) is 3.95. The van der Waals surface area contributed by atoms with Gasteiger partial charge in [0.15, 0.2) is 5.17 Å². The average molecular weight is 215 g/mol. The monoisotopic (exact) mass is 215 g/mol. The van der Waals surface area contributed by atoms with E-state index in [0.29, 0.717) is 5.84 Å². The van der Waals surface area contributed by atoms with Crippen LogP contribution in [0.5, 0.6) is 0 Å². The van der Waals surface area contributed by atoms with Gasteiger partial charge in [0, 0.05) is 13.0 Å². The number of rotatable bonds is 1. The summed E-state index contributed by atoms with van der Waals surface area (Å²) >= 11 is 1.25. The molecule has 1 amide bonds. The number of carbonyl (C=O) groups excluding carboxylic acids is 1. The first-order valence-corrected chi connectivity index (χ1v) is 5.60. The molecule has 80 valence electrons. The second kappa shape index (κ2) is 5.80. The molecule has 0 unspecified atom stereocenters. The number of nitrogens with zero attached hydrogens (tertiary/aromatic N) is 2. The lowest BCUT2D eigenvalue weighted by molar-refractivity contribution is -0.126. The zero-order chi connectivity index (χ0) is 11.3. The number of hydrogen-bond acceptors (Lipinski definition) is 3. The third kappa shape index (κ3) is 3.91. The Balaban J connectivity index is 4.76. The summed E-state index contributed by atoms with van der Waals surface area (Å²) in [7, 11) is 0. The molecule has 0 heterocycles. The van der Waals surface area contributed by atoms with Crippen LogP contribution in [0.15, 0.2) is 4.99 Å². The van der Waals surface area contributed by atoms with Crippen molar-refractivity contribution < 1.29 is 4.79 Å². The Morgan fingerprint density at radius 3 is 2.21 bits per heavy atom. The lowest BCUT2D eigenvalue weighted by Gasteiger charge is -2.24. The highest BCUT2D eigenvalue weighted by molar-refractivity contribution is 8.13. The minimum Gasteiger partial charge on any atom is -0.298 e. The van der Waals surface area contributed by atoms with E-state index in [0.717, 1.165) is 0 Å². The molecule has 0 aromatic rings. The normalized spacial score (nSPS) is 11.7. The quantitative estimate of drug-likeness (QED) is 0.537. The first-order chi connectivity index (χ1) is 6.40. The fraction of sp³-hybridized carbons (Fsp3) is 0.667. The average Bonchev–Trinajstić information content (AvgIpc) is 2.02. The minimum atomic E-state index is -0.0462. The molecular formula is C9H17N3OS. The van der Waals surface area contributed by atoms with Gasteiger partial charge in [-0.2, -0.15) is 0 Å². The third-order valence-corrected chi connectivity index (χ3v) is 2.14. The highest BCUT2D eigenvalue weighted by Gasteiger charge is 2.15. The highest BCUT2D eigenvalue weighted by Crippen LogP contribution is 2.04. The lowest BCUT2D eigenvalue weighted by Crippen LogP contribution is -2.39. The van der Waals surface area contributed by atoms with Crippen LogP contribution in [-0.2, 0) is 4.79 Å². The Morgan fingerprint density at radius 2 is 1.93 bits per heavy atom. The molecular weight excluding hydrogens is 198 g/mol. The van der Waals surface area contributed by atoms with Gasteiger partial charge in [0.1, 0.15) is 5.84 Å². The molecule has 0 atom stereocenters. The highest BCUT2D eigenvalue weighted by atomic mass is 32.2. The molecule has 0 aliphatic rings. The van der Waals surface area contributed by atoms with E-state index in [1.54, 1.807) is 18.1 Å². The molecule has 0 aromatic heterocycles. The van der Waals surface area contributed by atoms with E-state index < -0.39 is 0 Å². The van der Waals surface area contributed by atoms with Gasteiger partial charge in [-0.3, -0.25) is 15.1 Å². The molecule has 0 rings (SSSR count). The predicted molar refractivity (Wildman–Crippen MR) is 62.0 cm³/mol. The zero-order valence-corrected chi connectivity index (χ0v) is 10.1. The molecule has 1 N–H and O–H groups in total. The fourth-order valence-corrected chi connectivity index (χ4v) is 1.44. The van der Waals surface area contributed by atoms with Crippen molar-refractivity contribution in [2.24, 2.45) is 4.99 Å². The largest absolute Gasteiger partial charge is 0.298 e. The maximum absolute atomic E-state index is 11.3. The Bertz CT molecular complexity index is 261. The SMILES string of the molecule is CSC(=N)N=C(C)N(C(C)=O)C(C)C. The number of carbonyl (C=O) groups is 1. The molecule has 0 spiro atoms. The molecule has 0 radical (unpaired) electrons. The number of amides is 1. The summed E-state index contributed by atoms with van der Waals surface area (Å²) < 4.78 is 0. The van der Waals surface area contributed by atoms with Crippen molar-refractivity contribution in [1.82, 2.24) is 4.90 Å². The summed E-state index contributed by atoms with van der Waals surface area (Å²) in [6.45, 7) is 7.08. The van der Waals surface area contributed by atoms with Crippen LogP contribution in [-0.4, -0.2) is 34.1 Å². The third-order valence-electron chi connectivity index (χ3n) is 1.66. The fourth-order valence-electron chi connectivity index (χ4n) is 1.21. The molecule has 0 saturated heterocycles. The van der Waals surface area contributed by atoms with Gasteiger partial charge in [0.25, 0.3) is 0 Å². The Kier molecular flexibility index (Phi) is 5.45. The topological polar surface area (TPSA) is 56.5 Å². The van der Waals surface area contributed by atoms with E-state index in [4.69, 9.17) is 5.41 Å². The smallest absolute Gasteiger partial charge is 0.225 e. The van der Waals surface area contributed by atoms with E-state index in [-0.39, 0.29) is 17.1 Å². The van der Waals surface area contributed by atoms with Crippen molar-refractivity contribution in [3.63, 3.8) is 0 Å². The maximum Gasteiger partial charge on any atom is 0.225 e. The summed E-state index contributed by atoms with van der Waals surface area (Å²) in [5.41, 5.74) is 0. The van der Waals surface area contributed by atoms with Gasteiger partial charge in [0.2, 0.25) is 5.91 Å². The van der Waals surface area contributed by atoms with Crippen LogP contribution in [0.3, 0.4) is 0 Å². The van der Waals surface area contributed by atoms with Crippen LogP contribution in [0, 0.1) is 5.41 Å². The second-order valence-electron chi connectivity index (χ2n) is 3.15. The van der Waals surface area contributed by atoms with Gasteiger partial charge >= 0.3 is 0 Å². The van der Waals surface area contributed by atoms with Crippen molar-refractivity contribution in [2.45, 2.75) is 33.7 Å². The van der Waals surface area contributed by atoms with Gasteiger partial charge in [-0.1, -0.05) is 11.8 Å².